The molecule has 1 aliphatic heterocycles. The molecule has 0 atom stereocenters. The van der Waals surface area contributed by atoms with Crippen LogP contribution in [0.4, 0.5) is 5.82 Å². The van der Waals surface area contributed by atoms with E-state index in [1.807, 2.05) is 13.0 Å². The number of nitrogens with one attached hydrogen (secondary N) is 1. The van der Waals surface area contributed by atoms with Gasteiger partial charge >= 0.3 is 0 Å². The number of aryl methyl sites for hydroxylation is 1. The van der Waals surface area contributed by atoms with Crippen LogP contribution in [-0.2, 0) is 9.47 Å². The third-order valence-electron chi connectivity index (χ3n) is 3.81. The molecule has 0 saturated carbocycles. The zero-order valence-corrected chi connectivity index (χ0v) is 11.8. The molecule has 0 spiro atoms. The highest BCUT2D eigenvalue weighted by Crippen LogP contribution is 2.25. The van der Waals surface area contributed by atoms with Crippen molar-refractivity contribution in [1.82, 2.24) is 19.6 Å². The summed E-state index contributed by atoms with van der Waals surface area (Å²) in [6.45, 7) is 4.14. The normalized spacial score (nSPS) is 18.3. The molecular weight excluding hydrogens is 258 g/mol. The lowest BCUT2D eigenvalue weighted by atomic mass is 9.94. The summed E-state index contributed by atoms with van der Waals surface area (Å²) in [6, 6.07) is 1.96. The Morgan fingerprint density at radius 3 is 3.00 bits per heavy atom. The maximum Gasteiger partial charge on any atom is 0.254 e. The van der Waals surface area contributed by atoms with Crippen molar-refractivity contribution in [2.75, 3.05) is 32.2 Å². The number of rotatable bonds is 4. The molecule has 7 nitrogen and oxygen atoms in total. The predicted molar refractivity (Wildman–Crippen MR) is 73.8 cm³/mol. The fourth-order valence-electron chi connectivity index (χ4n) is 2.50. The van der Waals surface area contributed by atoms with E-state index < -0.39 is 0 Å². The van der Waals surface area contributed by atoms with Gasteiger partial charge in [0.2, 0.25) is 0 Å². The van der Waals surface area contributed by atoms with Gasteiger partial charge in [-0.05, 0) is 6.92 Å². The molecule has 2 aromatic heterocycles. The number of ether oxygens (including phenoxy) is 2. The average Bonchev–Trinajstić information content (AvgIpc) is 2.94. The van der Waals surface area contributed by atoms with E-state index in [0.717, 1.165) is 37.6 Å². The molecule has 7 heteroatoms. The number of nitrogens with zero attached hydrogens (tertiary/aromatic N) is 4. The molecule has 0 bridgehead atoms. The summed E-state index contributed by atoms with van der Waals surface area (Å²) in [6.07, 6.45) is 3.29. The lowest BCUT2D eigenvalue weighted by molar-refractivity contribution is -0.0807. The lowest BCUT2D eigenvalue weighted by Gasteiger charge is -2.36. The Bertz CT molecular complexity index is 591. The average molecular weight is 277 g/mol. The van der Waals surface area contributed by atoms with E-state index in [2.05, 4.69) is 20.4 Å². The van der Waals surface area contributed by atoms with Crippen molar-refractivity contribution in [3.05, 3.63) is 18.1 Å². The van der Waals surface area contributed by atoms with E-state index in [1.165, 1.54) is 6.33 Å². The first-order valence-corrected chi connectivity index (χ1v) is 6.77. The molecule has 20 heavy (non-hydrogen) atoms. The SMILES string of the molecule is COC1(CNc2cc(C)nc3ncnn23)CCOCC1. The Kier molecular flexibility index (Phi) is 3.54. The first-order chi connectivity index (χ1) is 9.72. The van der Waals surface area contributed by atoms with Gasteiger partial charge in [0.15, 0.2) is 0 Å². The van der Waals surface area contributed by atoms with Crippen LogP contribution in [0.1, 0.15) is 18.5 Å². The molecule has 3 rings (SSSR count). The monoisotopic (exact) mass is 277 g/mol. The zero-order chi connectivity index (χ0) is 14.0. The topological polar surface area (TPSA) is 73.6 Å². The number of hydrogen-bond acceptors (Lipinski definition) is 6. The van der Waals surface area contributed by atoms with Gasteiger partial charge < -0.3 is 14.8 Å². The summed E-state index contributed by atoms with van der Waals surface area (Å²) in [5.74, 6) is 1.49. The van der Waals surface area contributed by atoms with E-state index in [9.17, 15) is 0 Å². The van der Waals surface area contributed by atoms with Gasteiger partial charge in [-0.1, -0.05) is 0 Å². The molecule has 0 aliphatic carbocycles. The number of anilines is 1. The Labute approximate surface area is 117 Å². The Morgan fingerprint density at radius 1 is 1.45 bits per heavy atom. The second kappa shape index (κ2) is 5.34. The van der Waals surface area contributed by atoms with Crippen LogP contribution in [-0.4, -0.2) is 52.1 Å². The Hall–Kier alpha value is -1.73. The number of hydrogen-bond donors (Lipinski definition) is 1. The minimum absolute atomic E-state index is 0.178. The van der Waals surface area contributed by atoms with Crippen LogP contribution in [0.25, 0.3) is 5.78 Å². The molecule has 1 N–H and O–H groups in total. The molecule has 1 saturated heterocycles. The summed E-state index contributed by atoms with van der Waals surface area (Å²) in [5.41, 5.74) is 0.731. The molecular formula is C13H19N5O2. The van der Waals surface area contributed by atoms with Crippen LogP contribution < -0.4 is 5.32 Å². The van der Waals surface area contributed by atoms with Crippen LogP contribution in [0.15, 0.2) is 12.4 Å². The third kappa shape index (κ3) is 2.46. The Balaban J connectivity index is 1.80. The minimum atomic E-state index is -0.178. The molecule has 3 heterocycles. The smallest absolute Gasteiger partial charge is 0.254 e. The minimum Gasteiger partial charge on any atom is -0.381 e. The standard InChI is InChI=1S/C13H19N5O2/c1-10-7-11(18-12(17-10)15-9-16-18)14-8-13(19-2)3-5-20-6-4-13/h7,9,14H,3-6,8H2,1-2H3. The van der Waals surface area contributed by atoms with Crippen LogP contribution in [0.5, 0.6) is 0 Å². The fourth-order valence-corrected chi connectivity index (χ4v) is 2.50. The van der Waals surface area contributed by atoms with Crippen molar-refractivity contribution in [3.8, 4) is 0 Å². The van der Waals surface area contributed by atoms with Crippen LogP contribution >= 0.6 is 0 Å². The molecule has 0 unspecified atom stereocenters. The first kappa shape index (κ1) is 13.3. The van der Waals surface area contributed by atoms with Crippen molar-refractivity contribution >= 4 is 11.6 Å². The predicted octanol–water partition coefficient (Wildman–Crippen LogP) is 1.04. The molecule has 108 valence electrons. The maximum absolute atomic E-state index is 5.72. The molecule has 0 radical (unpaired) electrons. The highest BCUT2D eigenvalue weighted by molar-refractivity contribution is 5.44. The number of aromatic nitrogens is 4. The Morgan fingerprint density at radius 2 is 2.25 bits per heavy atom. The number of methoxy groups -OCH3 is 1. The zero-order valence-electron chi connectivity index (χ0n) is 11.8. The lowest BCUT2D eigenvalue weighted by Crippen LogP contribution is -2.44. The fraction of sp³-hybridized carbons (Fsp3) is 0.615. The van der Waals surface area contributed by atoms with Gasteiger partial charge in [0, 0.05) is 51.5 Å². The van der Waals surface area contributed by atoms with Crippen molar-refractivity contribution in [3.63, 3.8) is 0 Å². The summed E-state index contributed by atoms with van der Waals surface area (Å²) in [7, 11) is 1.76. The molecule has 0 aromatic carbocycles. The van der Waals surface area contributed by atoms with Crippen LogP contribution in [0.3, 0.4) is 0 Å². The summed E-state index contributed by atoms with van der Waals surface area (Å²) in [5, 5.41) is 7.60. The van der Waals surface area contributed by atoms with Crippen molar-refractivity contribution in [2.45, 2.75) is 25.4 Å². The molecule has 1 aliphatic rings. The maximum atomic E-state index is 5.72. The van der Waals surface area contributed by atoms with E-state index >= 15 is 0 Å². The van der Waals surface area contributed by atoms with Crippen LogP contribution in [0, 0.1) is 6.92 Å². The number of fused-ring (bicyclic) bond motifs is 1. The van der Waals surface area contributed by atoms with Gasteiger partial charge in [0.1, 0.15) is 12.1 Å². The van der Waals surface area contributed by atoms with Crippen molar-refractivity contribution in [1.29, 1.82) is 0 Å². The van der Waals surface area contributed by atoms with Gasteiger partial charge in [-0.3, -0.25) is 0 Å². The van der Waals surface area contributed by atoms with Gasteiger partial charge in [-0.15, -0.1) is 0 Å². The van der Waals surface area contributed by atoms with E-state index in [0.29, 0.717) is 12.3 Å². The van der Waals surface area contributed by atoms with E-state index in [-0.39, 0.29) is 5.60 Å². The summed E-state index contributed by atoms with van der Waals surface area (Å²) >= 11 is 0. The summed E-state index contributed by atoms with van der Waals surface area (Å²) < 4.78 is 12.8. The highest BCUT2D eigenvalue weighted by atomic mass is 16.5. The van der Waals surface area contributed by atoms with Gasteiger partial charge in [-0.25, -0.2) is 4.98 Å². The van der Waals surface area contributed by atoms with Gasteiger partial charge in [0.25, 0.3) is 5.78 Å². The van der Waals surface area contributed by atoms with E-state index in [1.54, 1.807) is 11.6 Å². The van der Waals surface area contributed by atoms with Crippen LogP contribution in [0.2, 0.25) is 0 Å². The molecule has 2 aromatic rings. The summed E-state index contributed by atoms with van der Waals surface area (Å²) in [4.78, 5) is 8.45. The third-order valence-corrected chi connectivity index (χ3v) is 3.81. The van der Waals surface area contributed by atoms with Gasteiger partial charge in [0.05, 0.1) is 5.60 Å². The van der Waals surface area contributed by atoms with Crippen molar-refractivity contribution < 1.29 is 9.47 Å². The van der Waals surface area contributed by atoms with Crippen molar-refractivity contribution in [2.24, 2.45) is 0 Å². The quantitative estimate of drug-likeness (QED) is 0.900. The second-order valence-corrected chi connectivity index (χ2v) is 5.11. The first-order valence-electron chi connectivity index (χ1n) is 6.77. The largest absolute Gasteiger partial charge is 0.381 e. The van der Waals surface area contributed by atoms with Gasteiger partial charge in [-0.2, -0.15) is 14.6 Å². The second-order valence-electron chi connectivity index (χ2n) is 5.11. The van der Waals surface area contributed by atoms with E-state index in [4.69, 9.17) is 9.47 Å². The highest BCUT2D eigenvalue weighted by Gasteiger charge is 2.32. The molecule has 0 amide bonds. The molecule has 1 fully saturated rings.